The predicted octanol–water partition coefficient (Wildman–Crippen LogP) is 4.63. The summed E-state index contributed by atoms with van der Waals surface area (Å²) in [5.41, 5.74) is 4.37. The number of hydrogen-bond acceptors (Lipinski definition) is 4. The Hall–Kier alpha value is -3.51. The van der Waals surface area contributed by atoms with Crippen molar-refractivity contribution in [3.63, 3.8) is 0 Å². The molecule has 0 radical (unpaired) electrons. The number of nitrogens with zero attached hydrogens (tertiary/aromatic N) is 4. The van der Waals surface area contributed by atoms with Crippen molar-refractivity contribution < 1.29 is 9.53 Å². The Morgan fingerprint density at radius 3 is 2.38 bits per heavy atom. The van der Waals surface area contributed by atoms with Crippen molar-refractivity contribution in [3.05, 3.63) is 83.8 Å². The summed E-state index contributed by atoms with van der Waals surface area (Å²) in [5.74, 6) is 0.811. The van der Waals surface area contributed by atoms with Crippen molar-refractivity contribution in [2.75, 3.05) is 38.2 Å². The quantitative estimate of drug-likeness (QED) is 0.458. The summed E-state index contributed by atoms with van der Waals surface area (Å²) in [6, 6.07) is 19.6. The van der Waals surface area contributed by atoms with Gasteiger partial charge in [-0.15, -0.1) is 0 Å². The average Bonchev–Trinajstić information content (AvgIpc) is 3.27. The van der Waals surface area contributed by atoms with E-state index >= 15 is 0 Å². The van der Waals surface area contributed by atoms with Gasteiger partial charge in [-0.2, -0.15) is 0 Å². The van der Waals surface area contributed by atoms with Crippen molar-refractivity contribution >= 4 is 28.8 Å². The third-order valence-corrected chi connectivity index (χ3v) is 6.09. The molecule has 162 valence electrons. The van der Waals surface area contributed by atoms with E-state index in [0.717, 1.165) is 41.3 Å². The van der Waals surface area contributed by atoms with Gasteiger partial charge in [0.1, 0.15) is 17.1 Å². The number of pyridine rings is 1. The number of rotatable bonds is 4. The van der Waals surface area contributed by atoms with Gasteiger partial charge < -0.3 is 18.9 Å². The third kappa shape index (κ3) is 3.89. The number of carbonyl (C=O) groups is 1. The number of anilines is 1. The van der Waals surface area contributed by atoms with Crippen molar-refractivity contribution in [2.24, 2.45) is 0 Å². The second-order valence-electron chi connectivity index (χ2n) is 7.77. The molecule has 2 aromatic carbocycles. The maximum absolute atomic E-state index is 13.1. The molecule has 1 amide bonds. The topological polar surface area (TPSA) is 50.1 Å². The molecule has 2 aromatic heterocycles. The maximum Gasteiger partial charge on any atom is 0.274 e. The number of halogens is 1. The lowest BCUT2D eigenvalue weighted by atomic mass is 10.1. The van der Waals surface area contributed by atoms with Gasteiger partial charge in [0.15, 0.2) is 0 Å². The fourth-order valence-electron chi connectivity index (χ4n) is 4.11. The lowest BCUT2D eigenvalue weighted by molar-refractivity contribution is 0.0741. The number of methoxy groups -OCH3 is 1. The minimum absolute atomic E-state index is 0.0404. The van der Waals surface area contributed by atoms with Crippen LogP contribution in [-0.4, -0.2) is 53.5 Å². The smallest absolute Gasteiger partial charge is 0.274 e. The van der Waals surface area contributed by atoms with Crippen LogP contribution in [0.25, 0.3) is 16.8 Å². The van der Waals surface area contributed by atoms with E-state index in [9.17, 15) is 4.79 Å². The molecule has 32 heavy (non-hydrogen) atoms. The molecule has 7 heteroatoms. The van der Waals surface area contributed by atoms with Crippen LogP contribution in [0, 0.1) is 0 Å². The molecule has 0 bridgehead atoms. The van der Waals surface area contributed by atoms with Crippen LogP contribution >= 0.6 is 11.6 Å². The summed E-state index contributed by atoms with van der Waals surface area (Å²) in [7, 11) is 1.68. The first-order valence-corrected chi connectivity index (χ1v) is 10.9. The lowest BCUT2D eigenvalue weighted by Crippen LogP contribution is -2.49. The molecule has 1 aliphatic heterocycles. The summed E-state index contributed by atoms with van der Waals surface area (Å²) in [6.07, 6.45) is 3.80. The Bertz CT molecular complexity index is 1260. The summed E-state index contributed by atoms with van der Waals surface area (Å²) < 4.78 is 7.39. The number of ether oxygens (including phenoxy) is 1. The Morgan fingerprint density at radius 2 is 1.62 bits per heavy atom. The standard InChI is InChI=1S/C25H23ClN4O2/c1-32-23-5-3-2-4-22(23)28-12-14-29(15-13-28)25(31)21-17-30-16-19(8-11-24(30)27-21)18-6-9-20(26)10-7-18/h2-11,16-17H,12-15H2,1H3. The maximum atomic E-state index is 13.1. The van der Waals surface area contributed by atoms with E-state index in [4.69, 9.17) is 16.3 Å². The van der Waals surface area contributed by atoms with E-state index in [1.807, 2.05) is 76.3 Å². The van der Waals surface area contributed by atoms with E-state index in [2.05, 4.69) is 16.0 Å². The molecule has 0 aliphatic carbocycles. The Balaban J connectivity index is 1.31. The molecule has 0 saturated carbocycles. The van der Waals surface area contributed by atoms with E-state index in [-0.39, 0.29) is 5.91 Å². The van der Waals surface area contributed by atoms with Crippen LogP contribution in [0.2, 0.25) is 5.02 Å². The molecule has 6 nitrogen and oxygen atoms in total. The zero-order valence-electron chi connectivity index (χ0n) is 17.7. The van der Waals surface area contributed by atoms with Gasteiger partial charge >= 0.3 is 0 Å². The highest BCUT2D eigenvalue weighted by molar-refractivity contribution is 6.30. The number of imidazole rings is 1. The Kier molecular flexibility index (Phi) is 5.45. The van der Waals surface area contributed by atoms with Crippen LogP contribution < -0.4 is 9.64 Å². The highest BCUT2D eigenvalue weighted by Crippen LogP contribution is 2.28. The van der Waals surface area contributed by atoms with Crippen LogP contribution in [0.5, 0.6) is 5.75 Å². The van der Waals surface area contributed by atoms with Crippen molar-refractivity contribution in [3.8, 4) is 16.9 Å². The fraction of sp³-hybridized carbons (Fsp3) is 0.200. The van der Waals surface area contributed by atoms with Crippen LogP contribution in [0.4, 0.5) is 5.69 Å². The normalized spacial score (nSPS) is 14.1. The van der Waals surface area contributed by atoms with Crippen LogP contribution in [0.1, 0.15) is 10.5 Å². The Labute approximate surface area is 191 Å². The largest absolute Gasteiger partial charge is 0.495 e. The molecule has 0 N–H and O–H groups in total. The Morgan fingerprint density at radius 1 is 0.906 bits per heavy atom. The van der Waals surface area contributed by atoms with Gasteiger partial charge in [-0.3, -0.25) is 4.79 Å². The van der Waals surface area contributed by atoms with Gasteiger partial charge in [-0.05, 0) is 47.5 Å². The molecule has 1 aliphatic rings. The van der Waals surface area contributed by atoms with E-state index in [1.54, 1.807) is 7.11 Å². The average molecular weight is 447 g/mol. The molecule has 0 unspecified atom stereocenters. The monoisotopic (exact) mass is 446 g/mol. The zero-order chi connectivity index (χ0) is 22.1. The molecule has 1 fully saturated rings. The van der Waals surface area contributed by atoms with E-state index in [1.165, 1.54) is 0 Å². The number of para-hydroxylation sites is 2. The van der Waals surface area contributed by atoms with Crippen LogP contribution in [-0.2, 0) is 0 Å². The molecular formula is C25H23ClN4O2. The van der Waals surface area contributed by atoms with Crippen LogP contribution in [0.15, 0.2) is 73.1 Å². The van der Waals surface area contributed by atoms with Crippen LogP contribution in [0.3, 0.4) is 0 Å². The summed E-state index contributed by atoms with van der Waals surface area (Å²) >= 11 is 6.00. The number of piperazine rings is 1. The number of amides is 1. The number of hydrogen-bond donors (Lipinski definition) is 0. The molecule has 0 atom stereocenters. The summed E-state index contributed by atoms with van der Waals surface area (Å²) in [6.45, 7) is 2.78. The lowest BCUT2D eigenvalue weighted by Gasteiger charge is -2.36. The molecule has 1 saturated heterocycles. The summed E-state index contributed by atoms with van der Waals surface area (Å²) in [4.78, 5) is 21.8. The third-order valence-electron chi connectivity index (χ3n) is 5.84. The fourth-order valence-corrected chi connectivity index (χ4v) is 4.24. The van der Waals surface area contributed by atoms with Gasteiger partial charge in [-0.25, -0.2) is 4.98 Å². The SMILES string of the molecule is COc1ccccc1N1CCN(C(=O)c2cn3cc(-c4ccc(Cl)cc4)ccc3n2)CC1. The second kappa shape index (κ2) is 8.55. The molecule has 0 spiro atoms. The zero-order valence-corrected chi connectivity index (χ0v) is 18.5. The number of benzene rings is 2. The number of fused-ring (bicyclic) bond motifs is 1. The second-order valence-corrected chi connectivity index (χ2v) is 8.20. The van der Waals surface area contributed by atoms with Gasteiger partial charge in [0.2, 0.25) is 0 Å². The van der Waals surface area contributed by atoms with Gasteiger partial charge in [-0.1, -0.05) is 35.9 Å². The number of aromatic nitrogens is 2. The van der Waals surface area contributed by atoms with Crippen molar-refractivity contribution in [1.29, 1.82) is 0 Å². The molecule has 5 rings (SSSR count). The molecular weight excluding hydrogens is 424 g/mol. The van der Waals surface area contributed by atoms with Gasteiger partial charge in [0.05, 0.1) is 12.8 Å². The highest BCUT2D eigenvalue weighted by atomic mass is 35.5. The first-order chi connectivity index (χ1) is 15.6. The van der Waals surface area contributed by atoms with E-state index < -0.39 is 0 Å². The predicted molar refractivity (Wildman–Crippen MR) is 127 cm³/mol. The van der Waals surface area contributed by atoms with E-state index in [0.29, 0.717) is 23.8 Å². The first kappa shape index (κ1) is 20.4. The van der Waals surface area contributed by atoms with Crippen molar-refractivity contribution in [2.45, 2.75) is 0 Å². The van der Waals surface area contributed by atoms with Gasteiger partial charge in [0.25, 0.3) is 5.91 Å². The minimum Gasteiger partial charge on any atom is -0.495 e. The van der Waals surface area contributed by atoms with Crippen molar-refractivity contribution in [1.82, 2.24) is 14.3 Å². The summed E-state index contributed by atoms with van der Waals surface area (Å²) in [5, 5.41) is 0.705. The molecule has 3 heterocycles. The minimum atomic E-state index is -0.0404. The first-order valence-electron chi connectivity index (χ1n) is 10.5. The van der Waals surface area contributed by atoms with Gasteiger partial charge in [0, 0.05) is 43.6 Å². The highest BCUT2D eigenvalue weighted by Gasteiger charge is 2.25. The molecule has 4 aromatic rings. The number of carbonyl (C=O) groups excluding carboxylic acids is 1.